The summed E-state index contributed by atoms with van der Waals surface area (Å²) in [5.74, 6) is 0. The summed E-state index contributed by atoms with van der Waals surface area (Å²) in [5, 5.41) is 7.53. The van der Waals surface area contributed by atoms with Gasteiger partial charge in [0, 0.05) is 32.2 Å². The number of fused-ring (bicyclic) bond motifs is 2. The molecule has 2 heteroatoms. The highest BCUT2D eigenvalue weighted by molar-refractivity contribution is 5.88. The van der Waals surface area contributed by atoms with Crippen molar-refractivity contribution in [2.24, 2.45) is 0 Å². The summed E-state index contributed by atoms with van der Waals surface area (Å²) >= 11 is 0. The molecule has 0 bridgehead atoms. The smallest absolute Gasteiger partial charge is 0.0716 e. The Morgan fingerprint density at radius 2 is 1.25 bits per heavy atom. The summed E-state index contributed by atoms with van der Waals surface area (Å²) in [5.41, 5.74) is 5.03. The molecule has 4 aromatic rings. The van der Waals surface area contributed by atoms with Crippen molar-refractivity contribution in [2.45, 2.75) is 12.8 Å². The number of hydrogen-bond acceptors (Lipinski definition) is 0. The Kier molecular flexibility index (Phi) is 3.33. The summed E-state index contributed by atoms with van der Waals surface area (Å²) in [7, 11) is 0. The maximum Gasteiger partial charge on any atom is 0.0716 e. The zero-order chi connectivity index (χ0) is 18.5. The Labute approximate surface area is 162 Å². The van der Waals surface area contributed by atoms with Crippen LogP contribution in [0.3, 0.4) is 0 Å². The van der Waals surface area contributed by atoms with Gasteiger partial charge in [0.15, 0.2) is 0 Å². The SMILES string of the molecule is C1=CC(=c2/c(=c3\[nH]c4ccccc4\c3=C3/C=CCC3)[nH]c3ccccc23)C=C1. The summed E-state index contributed by atoms with van der Waals surface area (Å²) in [6, 6.07) is 17.2. The zero-order valence-corrected chi connectivity index (χ0v) is 15.5. The number of nitrogens with one attached hydrogen (secondary N) is 2. The first kappa shape index (κ1) is 15.5. The quantitative estimate of drug-likeness (QED) is 0.455. The molecule has 28 heavy (non-hydrogen) atoms. The Balaban J connectivity index is 2.00. The van der Waals surface area contributed by atoms with E-state index >= 15 is 0 Å². The van der Waals surface area contributed by atoms with E-state index in [1.165, 1.54) is 54.1 Å². The topological polar surface area (TPSA) is 31.6 Å². The lowest BCUT2D eigenvalue weighted by molar-refractivity contribution is 1.11. The van der Waals surface area contributed by atoms with Crippen LogP contribution in [0.5, 0.6) is 0 Å². The van der Waals surface area contributed by atoms with Gasteiger partial charge in [0.05, 0.1) is 10.7 Å². The molecule has 2 nitrogen and oxygen atoms in total. The molecule has 0 spiro atoms. The monoisotopic (exact) mass is 360 g/mol. The molecular weight excluding hydrogens is 340 g/mol. The van der Waals surface area contributed by atoms with Gasteiger partial charge in [-0.3, -0.25) is 0 Å². The first-order chi connectivity index (χ1) is 13.9. The van der Waals surface area contributed by atoms with Crippen LogP contribution >= 0.6 is 0 Å². The van der Waals surface area contributed by atoms with Crippen LogP contribution in [-0.4, -0.2) is 9.97 Å². The van der Waals surface area contributed by atoms with Crippen LogP contribution in [0, 0.1) is 10.7 Å². The molecule has 0 radical (unpaired) electrons. The number of rotatable bonds is 0. The van der Waals surface area contributed by atoms with Crippen LogP contribution in [0.2, 0.25) is 0 Å². The van der Waals surface area contributed by atoms with Crippen molar-refractivity contribution in [3.63, 3.8) is 0 Å². The van der Waals surface area contributed by atoms with Crippen LogP contribution in [0.4, 0.5) is 0 Å². The van der Waals surface area contributed by atoms with Gasteiger partial charge in [0.2, 0.25) is 0 Å². The largest absolute Gasteiger partial charge is 0.353 e. The molecule has 2 aromatic heterocycles. The Hall–Kier alpha value is -3.52. The van der Waals surface area contributed by atoms with E-state index in [1.807, 2.05) is 0 Å². The van der Waals surface area contributed by atoms with Crippen LogP contribution in [0.25, 0.3) is 33.0 Å². The molecular formula is C26H20N2. The van der Waals surface area contributed by atoms with Gasteiger partial charge >= 0.3 is 0 Å². The van der Waals surface area contributed by atoms with Gasteiger partial charge in [0.25, 0.3) is 0 Å². The fraction of sp³-hybridized carbons (Fsp3) is 0.0769. The molecule has 2 aliphatic rings. The number of H-pyrrole nitrogens is 2. The predicted molar refractivity (Wildman–Crippen MR) is 117 cm³/mol. The van der Waals surface area contributed by atoms with Gasteiger partial charge in [-0.1, -0.05) is 72.9 Å². The van der Waals surface area contributed by atoms with E-state index in [-0.39, 0.29) is 0 Å². The molecule has 0 saturated heterocycles. The molecule has 0 saturated carbocycles. The minimum atomic E-state index is 1.10. The Bertz CT molecular complexity index is 1540. The van der Waals surface area contributed by atoms with E-state index in [9.17, 15) is 0 Å². The molecule has 2 heterocycles. The van der Waals surface area contributed by atoms with E-state index in [0.29, 0.717) is 0 Å². The zero-order valence-electron chi connectivity index (χ0n) is 15.5. The van der Waals surface area contributed by atoms with E-state index in [0.717, 1.165) is 12.8 Å². The number of aromatic nitrogens is 2. The van der Waals surface area contributed by atoms with Crippen molar-refractivity contribution >= 4 is 33.0 Å². The van der Waals surface area contributed by atoms with Crippen molar-refractivity contribution < 1.29 is 0 Å². The van der Waals surface area contributed by atoms with Gasteiger partial charge in [-0.15, -0.1) is 0 Å². The lowest BCUT2D eigenvalue weighted by Gasteiger charge is -1.94. The minimum absolute atomic E-state index is 1.10. The van der Waals surface area contributed by atoms with Crippen LogP contribution in [-0.2, 0) is 0 Å². The third-order valence-electron chi connectivity index (χ3n) is 5.83. The molecule has 134 valence electrons. The highest BCUT2D eigenvalue weighted by Gasteiger charge is 2.11. The number of benzene rings is 2. The second kappa shape index (κ2) is 6.00. The Morgan fingerprint density at radius 3 is 1.89 bits per heavy atom. The molecule has 0 atom stereocenters. The first-order valence-electron chi connectivity index (χ1n) is 9.87. The fourth-order valence-corrected chi connectivity index (χ4v) is 4.59. The van der Waals surface area contributed by atoms with Crippen LogP contribution in [0.1, 0.15) is 12.8 Å². The molecule has 0 amide bonds. The van der Waals surface area contributed by atoms with E-state index in [4.69, 9.17) is 0 Å². The summed E-state index contributed by atoms with van der Waals surface area (Å²) in [6.45, 7) is 0. The second-order valence-corrected chi connectivity index (χ2v) is 7.48. The maximum atomic E-state index is 3.73. The van der Waals surface area contributed by atoms with Gasteiger partial charge in [-0.2, -0.15) is 0 Å². The van der Waals surface area contributed by atoms with Crippen molar-refractivity contribution in [3.8, 4) is 0 Å². The molecule has 2 aromatic carbocycles. The number of hydrogen-bond donors (Lipinski definition) is 2. The normalized spacial score (nSPS) is 18.9. The van der Waals surface area contributed by atoms with Gasteiger partial charge in [0.1, 0.15) is 0 Å². The van der Waals surface area contributed by atoms with Crippen molar-refractivity contribution in [1.29, 1.82) is 0 Å². The third-order valence-corrected chi connectivity index (χ3v) is 5.83. The molecule has 0 fully saturated rings. The first-order valence-corrected chi connectivity index (χ1v) is 9.87. The molecule has 2 aliphatic carbocycles. The average molecular weight is 360 g/mol. The van der Waals surface area contributed by atoms with Gasteiger partial charge in [-0.05, 0) is 36.1 Å². The van der Waals surface area contributed by atoms with Crippen LogP contribution < -0.4 is 10.4 Å². The summed E-state index contributed by atoms with van der Waals surface area (Å²) in [6.07, 6.45) is 15.4. The van der Waals surface area contributed by atoms with E-state index in [1.54, 1.807) is 0 Å². The van der Waals surface area contributed by atoms with E-state index < -0.39 is 0 Å². The number of aromatic amines is 2. The van der Waals surface area contributed by atoms with Gasteiger partial charge < -0.3 is 9.97 Å². The van der Waals surface area contributed by atoms with Crippen LogP contribution in [0.15, 0.2) is 85.0 Å². The molecule has 6 rings (SSSR count). The van der Waals surface area contributed by atoms with Crippen molar-refractivity contribution in [1.82, 2.24) is 9.97 Å². The van der Waals surface area contributed by atoms with Crippen molar-refractivity contribution in [3.05, 3.63) is 106 Å². The lowest BCUT2D eigenvalue weighted by Crippen LogP contribution is -2.11. The standard InChI is InChI=1S/C26H20N2/c1-2-10-17(9-1)23-19-13-5-7-15-21(19)27-25(23)26-24(18-11-3-4-12-18)20-14-6-8-16-22(20)28-26/h1-3,5-11,13-16,27-28H,4,12H2/b24-18-,26-25+. The lowest BCUT2D eigenvalue weighted by atomic mass is 10.1. The fourth-order valence-electron chi connectivity index (χ4n) is 4.59. The second-order valence-electron chi connectivity index (χ2n) is 7.48. The Morgan fingerprint density at radius 1 is 0.643 bits per heavy atom. The highest BCUT2D eigenvalue weighted by atomic mass is 14.8. The number of allylic oxidation sites excluding steroid dienone is 6. The third kappa shape index (κ3) is 2.21. The summed E-state index contributed by atoms with van der Waals surface area (Å²) < 4.78 is 0. The van der Waals surface area contributed by atoms with Crippen molar-refractivity contribution in [2.75, 3.05) is 0 Å². The highest BCUT2D eigenvalue weighted by Crippen LogP contribution is 2.19. The number of para-hydroxylation sites is 2. The molecule has 0 unspecified atom stereocenters. The predicted octanol–water partition coefficient (Wildman–Crippen LogP) is 4.71. The average Bonchev–Trinajstić information content (AvgIpc) is 3.52. The van der Waals surface area contributed by atoms with Gasteiger partial charge in [-0.25, -0.2) is 0 Å². The molecule has 0 aliphatic heterocycles. The molecule has 2 N–H and O–H groups in total. The van der Waals surface area contributed by atoms with E-state index in [2.05, 4.69) is 95.0 Å². The minimum Gasteiger partial charge on any atom is -0.353 e. The summed E-state index contributed by atoms with van der Waals surface area (Å²) in [4.78, 5) is 7.46. The maximum absolute atomic E-state index is 3.73.